The van der Waals surface area contributed by atoms with E-state index in [4.69, 9.17) is 0 Å². The fourth-order valence-electron chi connectivity index (χ4n) is 2.54. The smallest absolute Gasteiger partial charge is 0.240 e. The largest absolute Gasteiger partial charge is 0.312 e. The molecule has 21 heavy (non-hydrogen) atoms. The molecule has 1 aromatic carbocycles. The first kappa shape index (κ1) is 16.0. The first-order chi connectivity index (χ1) is 9.95. The van der Waals surface area contributed by atoms with Crippen molar-refractivity contribution in [3.63, 3.8) is 0 Å². The fraction of sp³-hybridized carbons (Fsp3) is 0.533. The highest BCUT2D eigenvalue weighted by Crippen LogP contribution is 2.30. The number of hydrogen-bond donors (Lipinski definition) is 1. The maximum Gasteiger partial charge on any atom is 0.240 e. The third-order valence-electron chi connectivity index (χ3n) is 3.71. The second-order valence-corrected chi connectivity index (χ2v) is 7.08. The van der Waals surface area contributed by atoms with Gasteiger partial charge in [-0.15, -0.1) is 0 Å². The molecule has 0 saturated carbocycles. The zero-order chi connectivity index (χ0) is 15.5. The van der Waals surface area contributed by atoms with E-state index in [9.17, 15) is 13.2 Å². The average Bonchev–Trinajstić information content (AvgIpc) is 2.86. The van der Waals surface area contributed by atoms with Gasteiger partial charge in [0.2, 0.25) is 15.9 Å². The van der Waals surface area contributed by atoms with Crippen LogP contribution in [0.3, 0.4) is 0 Å². The monoisotopic (exact) mass is 310 g/mol. The number of rotatable bonds is 6. The number of nitrogens with one attached hydrogen (secondary N) is 1. The van der Waals surface area contributed by atoms with Crippen molar-refractivity contribution >= 4 is 21.6 Å². The molecule has 1 aliphatic rings. The van der Waals surface area contributed by atoms with Crippen LogP contribution < -0.4 is 9.62 Å². The third kappa shape index (κ3) is 3.63. The Morgan fingerprint density at radius 1 is 1.33 bits per heavy atom. The molecule has 2 rings (SSSR count). The number of carbonyl (C=O) groups excluding carboxylic acids is 1. The van der Waals surface area contributed by atoms with E-state index in [0.29, 0.717) is 19.5 Å². The number of fused-ring (bicyclic) bond motifs is 1. The van der Waals surface area contributed by atoms with Gasteiger partial charge in [-0.1, -0.05) is 19.8 Å². The van der Waals surface area contributed by atoms with Gasteiger partial charge in [0.15, 0.2) is 0 Å². The summed E-state index contributed by atoms with van der Waals surface area (Å²) in [4.78, 5) is 13.5. The number of hydrogen-bond acceptors (Lipinski definition) is 3. The van der Waals surface area contributed by atoms with Gasteiger partial charge in [-0.2, -0.15) is 0 Å². The summed E-state index contributed by atoms with van der Waals surface area (Å²) in [7, 11) is -3.45. The summed E-state index contributed by atoms with van der Waals surface area (Å²) in [5, 5.41) is 0. The lowest BCUT2D eigenvalue weighted by Crippen LogP contribution is -2.26. The molecular formula is C15H22N2O3S. The minimum atomic E-state index is -3.45. The standard InChI is InChI=1S/C15H22N2O3S/c1-3-4-5-9-16-21(19,20)14-6-7-15-13(11-14)8-10-17(15)12(2)18/h6-7,11,16H,3-5,8-10H2,1-2H3. The fourth-order valence-corrected chi connectivity index (χ4v) is 3.66. The third-order valence-corrected chi connectivity index (χ3v) is 5.17. The van der Waals surface area contributed by atoms with Crippen LogP contribution in [0.2, 0.25) is 0 Å². The Labute approximate surface area is 126 Å². The van der Waals surface area contributed by atoms with Crippen LogP contribution in [-0.2, 0) is 21.2 Å². The number of amides is 1. The molecule has 1 aromatic rings. The first-order valence-electron chi connectivity index (χ1n) is 7.36. The molecule has 0 bridgehead atoms. The Morgan fingerprint density at radius 2 is 2.10 bits per heavy atom. The topological polar surface area (TPSA) is 66.5 Å². The lowest BCUT2D eigenvalue weighted by Gasteiger charge is -2.15. The SMILES string of the molecule is CCCCCNS(=O)(=O)c1ccc2c(c1)CCN2C(C)=O. The van der Waals surface area contributed by atoms with Crippen LogP contribution in [0.1, 0.15) is 38.7 Å². The van der Waals surface area contributed by atoms with Crippen molar-refractivity contribution in [2.75, 3.05) is 18.0 Å². The van der Waals surface area contributed by atoms with E-state index in [2.05, 4.69) is 11.6 Å². The van der Waals surface area contributed by atoms with Gasteiger partial charge in [0.05, 0.1) is 4.90 Å². The van der Waals surface area contributed by atoms with E-state index in [1.807, 2.05) is 0 Å². The van der Waals surface area contributed by atoms with E-state index in [-0.39, 0.29) is 10.8 Å². The molecular weight excluding hydrogens is 288 g/mol. The normalized spacial score (nSPS) is 14.3. The van der Waals surface area contributed by atoms with Crippen molar-refractivity contribution in [1.29, 1.82) is 0 Å². The van der Waals surface area contributed by atoms with Crippen LogP contribution in [0.25, 0.3) is 0 Å². The summed E-state index contributed by atoms with van der Waals surface area (Å²) in [5.74, 6) is -0.0120. The minimum absolute atomic E-state index is 0.0120. The van der Waals surface area contributed by atoms with Crippen LogP contribution in [0.5, 0.6) is 0 Å². The van der Waals surface area contributed by atoms with E-state index in [1.165, 1.54) is 6.92 Å². The molecule has 5 nitrogen and oxygen atoms in total. The van der Waals surface area contributed by atoms with E-state index < -0.39 is 10.0 Å². The van der Waals surface area contributed by atoms with Crippen LogP contribution in [0.4, 0.5) is 5.69 Å². The van der Waals surface area contributed by atoms with Gasteiger partial charge in [-0.3, -0.25) is 4.79 Å². The first-order valence-corrected chi connectivity index (χ1v) is 8.84. The highest BCUT2D eigenvalue weighted by molar-refractivity contribution is 7.89. The van der Waals surface area contributed by atoms with Gasteiger partial charge in [0.1, 0.15) is 0 Å². The lowest BCUT2D eigenvalue weighted by atomic mass is 10.2. The van der Waals surface area contributed by atoms with Gasteiger partial charge < -0.3 is 4.90 Å². The number of sulfonamides is 1. The molecule has 0 radical (unpaired) electrons. The predicted octanol–water partition coefficient (Wildman–Crippen LogP) is 2.06. The zero-order valence-corrected chi connectivity index (χ0v) is 13.4. The summed E-state index contributed by atoms with van der Waals surface area (Å²) >= 11 is 0. The maximum atomic E-state index is 12.2. The van der Waals surface area contributed by atoms with Crippen molar-refractivity contribution in [2.24, 2.45) is 0 Å². The zero-order valence-electron chi connectivity index (χ0n) is 12.6. The molecule has 0 aliphatic carbocycles. The van der Waals surface area contributed by atoms with Crippen molar-refractivity contribution in [3.05, 3.63) is 23.8 Å². The number of carbonyl (C=O) groups is 1. The molecule has 0 aromatic heterocycles. The molecule has 0 saturated heterocycles. The Morgan fingerprint density at radius 3 is 2.76 bits per heavy atom. The van der Waals surface area contributed by atoms with Gasteiger partial charge in [-0.25, -0.2) is 13.1 Å². The summed E-state index contributed by atoms with van der Waals surface area (Å²) in [5.41, 5.74) is 1.74. The molecule has 1 amide bonds. The molecule has 0 spiro atoms. The molecule has 0 atom stereocenters. The maximum absolute atomic E-state index is 12.2. The van der Waals surface area contributed by atoms with Crippen molar-refractivity contribution in [2.45, 2.75) is 44.4 Å². The summed E-state index contributed by atoms with van der Waals surface area (Å²) in [6.45, 7) is 4.69. The second kappa shape index (κ2) is 6.58. The second-order valence-electron chi connectivity index (χ2n) is 5.32. The van der Waals surface area contributed by atoms with Crippen LogP contribution >= 0.6 is 0 Å². The quantitative estimate of drug-likeness (QED) is 0.818. The van der Waals surface area contributed by atoms with Gasteiger partial charge >= 0.3 is 0 Å². The number of unbranched alkanes of at least 4 members (excludes halogenated alkanes) is 2. The van der Waals surface area contributed by atoms with E-state index in [1.54, 1.807) is 23.1 Å². The van der Waals surface area contributed by atoms with Crippen molar-refractivity contribution in [1.82, 2.24) is 4.72 Å². The molecule has 6 heteroatoms. The predicted molar refractivity (Wildman–Crippen MR) is 82.9 cm³/mol. The van der Waals surface area contributed by atoms with Crippen LogP contribution in [0.15, 0.2) is 23.1 Å². The highest BCUT2D eigenvalue weighted by Gasteiger charge is 2.24. The Kier molecular flexibility index (Phi) is 5.00. The molecule has 116 valence electrons. The number of nitrogens with zero attached hydrogens (tertiary/aromatic N) is 1. The highest BCUT2D eigenvalue weighted by atomic mass is 32.2. The Hall–Kier alpha value is -1.40. The molecule has 1 aliphatic heterocycles. The Bertz CT molecular complexity index is 626. The summed E-state index contributed by atoms with van der Waals surface area (Å²) < 4.78 is 27.1. The summed E-state index contributed by atoms with van der Waals surface area (Å²) in [6.07, 6.45) is 3.62. The van der Waals surface area contributed by atoms with Crippen molar-refractivity contribution in [3.8, 4) is 0 Å². The van der Waals surface area contributed by atoms with Crippen molar-refractivity contribution < 1.29 is 13.2 Å². The van der Waals surface area contributed by atoms with E-state index in [0.717, 1.165) is 30.5 Å². The van der Waals surface area contributed by atoms with Gasteiger partial charge in [-0.05, 0) is 36.6 Å². The van der Waals surface area contributed by atoms with Gasteiger partial charge in [0, 0.05) is 25.7 Å². The average molecular weight is 310 g/mol. The number of benzene rings is 1. The summed E-state index contributed by atoms with van der Waals surface area (Å²) in [6, 6.07) is 4.98. The molecule has 1 heterocycles. The van der Waals surface area contributed by atoms with Crippen LogP contribution in [0, 0.1) is 0 Å². The Balaban J connectivity index is 2.13. The number of anilines is 1. The van der Waals surface area contributed by atoms with Gasteiger partial charge in [0.25, 0.3) is 0 Å². The molecule has 1 N–H and O–H groups in total. The molecule has 0 unspecified atom stereocenters. The minimum Gasteiger partial charge on any atom is -0.312 e. The molecule has 0 fully saturated rings. The van der Waals surface area contributed by atoms with Crippen LogP contribution in [-0.4, -0.2) is 27.4 Å². The van der Waals surface area contributed by atoms with E-state index >= 15 is 0 Å². The lowest BCUT2D eigenvalue weighted by molar-refractivity contribution is -0.116.